The lowest BCUT2D eigenvalue weighted by molar-refractivity contribution is -0.133. The van der Waals surface area contributed by atoms with Crippen molar-refractivity contribution in [3.63, 3.8) is 0 Å². The van der Waals surface area contributed by atoms with E-state index in [1.807, 2.05) is 13.8 Å². The van der Waals surface area contributed by atoms with E-state index >= 15 is 0 Å². The number of hydrogen-bond acceptors (Lipinski definition) is 5. The predicted molar refractivity (Wildman–Crippen MR) is 82.0 cm³/mol. The zero-order chi connectivity index (χ0) is 15.6. The maximum atomic E-state index is 11.8. The molecule has 21 heavy (non-hydrogen) atoms. The standard InChI is InChI=1S/C13H12ClN3O3S/c1-6-7(2)21-13(15-6)17-12(20)11(19)16-9-5-8(14)3-4-10(9)18/h3-5,18H,1-2H3,(H,16,19)(H,15,17,20). The third-order valence-corrected chi connectivity index (χ3v) is 3.89. The molecule has 0 aliphatic heterocycles. The third-order valence-electron chi connectivity index (χ3n) is 2.66. The predicted octanol–water partition coefficient (Wildman–Crippen LogP) is 2.70. The first-order valence-corrected chi connectivity index (χ1v) is 7.11. The van der Waals surface area contributed by atoms with Crippen molar-refractivity contribution in [1.29, 1.82) is 0 Å². The van der Waals surface area contributed by atoms with Crippen LogP contribution in [-0.4, -0.2) is 21.9 Å². The Kier molecular flexibility index (Phi) is 4.44. The Morgan fingerprint density at radius 2 is 1.90 bits per heavy atom. The summed E-state index contributed by atoms with van der Waals surface area (Å²) >= 11 is 7.04. The van der Waals surface area contributed by atoms with E-state index < -0.39 is 11.8 Å². The average molecular weight is 326 g/mol. The van der Waals surface area contributed by atoms with E-state index in [0.717, 1.165) is 10.6 Å². The number of aryl methyl sites for hydroxylation is 2. The van der Waals surface area contributed by atoms with Crippen LogP contribution in [0.3, 0.4) is 0 Å². The van der Waals surface area contributed by atoms with Gasteiger partial charge in [0.25, 0.3) is 0 Å². The van der Waals surface area contributed by atoms with Gasteiger partial charge in [-0.25, -0.2) is 4.98 Å². The first-order valence-electron chi connectivity index (χ1n) is 5.91. The molecule has 1 heterocycles. The van der Waals surface area contributed by atoms with Gasteiger partial charge in [0.1, 0.15) is 5.75 Å². The molecule has 1 aromatic heterocycles. The second kappa shape index (κ2) is 6.11. The van der Waals surface area contributed by atoms with Crippen molar-refractivity contribution in [3.05, 3.63) is 33.8 Å². The number of benzene rings is 1. The molecule has 0 saturated carbocycles. The molecule has 1 aromatic carbocycles. The maximum Gasteiger partial charge on any atom is 0.315 e. The number of thiazole rings is 1. The fourth-order valence-electron chi connectivity index (χ4n) is 1.47. The van der Waals surface area contributed by atoms with Crippen LogP contribution in [0, 0.1) is 13.8 Å². The van der Waals surface area contributed by atoms with Gasteiger partial charge in [-0.05, 0) is 32.0 Å². The van der Waals surface area contributed by atoms with Crippen molar-refractivity contribution in [2.24, 2.45) is 0 Å². The van der Waals surface area contributed by atoms with Crippen molar-refractivity contribution < 1.29 is 14.7 Å². The number of phenolic OH excluding ortho intramolecular Hbond substituents is 1. The summed E-state index contributed by atoms with van der Waals surface area (Å²) in [6, 6.07) is 4.14. The Bertz CT molecular complexity index is 695. The van der Waals surface area contributed by atoms with Crippen LogP contribution in [0.2, 0.25) is 5.02 Å². The molecular weight excluding hydrogens is 314 g/mol. The molecule has 8 heteroatoms. The third kappa shape index (κ3) is 3.71. The zero-order valence-corrected chi connectivity index (χ0v) is 12.8. The van der Waals surface area contributed by atoms with E-state index in [1.165, 1.54) is 29.5 Å². The SMILES string of the molecule is Cc1nc(NC(=O)C(=O)Nc2cc(Cl)ccc2O)sc1C. The number of nitrogens with one attached hydrogen (secondary N) is 2. The van der Waals surface area contributed by atoms with Crippen LogP contribution in [0.15, 0.2) is 18.2 Å². The van der Waals surface area contributed by atoms with Crippen molar-refractivity contribution in [3.8, 4) is 5.75 Å². The molecule has 0 unspecified atom stereocenters. The fourth-order valence-corrected chi connectivity index (χ4v) is 2.45. The number of amides is 2. The van der Waals surface area contributed by atoms with Gasteiger partial charge in [0.05, 0.1) is 11.4 Å². The number of carbonyl (C=O) groups excluding carboxylic acids is 2. The molecule has 2 amide bonds. The minimum atomic E-state index is -0.918. The topological polar surface area (TPSA) is 91.3 Å². The highest BCUT2D eigenvalue weighted by atomic mass is 35.5. The summed E-state index contributed by atoms with van der Waals surface area (Å²) in [5, 5.41) is 14.9. The van der Waals surface area contributed by atoms with Crippen molar-refractivity contribution in [2.45, 2.75) is 13.8 Å². The molecule has 0 radical (unpaired) electrons. The lowest BCUT2D eigenvalue weighted by atomic mass is 10.3. The van der Waals surface area contributed by atoms with Crippen molar-refractivity contribution in [1.82, 2.24) is 4.98 Å². The number of nitrogens with zero attached hydrogens (tertiary/aromatic N) is 1. The molecule has 0 aliphatic carbocycles. The lowest BCUT2D eigenvalue weighted by Crippen LogP contribution is -2.29. The van der Waals surface area contributed by atoms with Gasteiger partial charge >= 0.3 is 11.8 Å². The highest BCUT2D eigenvalue weighted by Gasteiger charge is 2.17. The number of rotatable bonds is 2. The van der Waals surface area contributed by atoms with Crippen molar-refractivity contribution >= 4 is 45.6 Å². The molecule has 2 aromatic rings. The Morgan fingerprint density at radius 1 is 1.24 bits per heavy atom. The van der Waals surface area contributed by atoms with Gasteiger partial charge in [-0.1, -0.05) is 11.6 Å². The van der Waals surface area contributed by atoms with Crippen LogP contribution < -0.4 is 10.6 Å². The second-order valence-corrected chi connectivity index (χ2v) is 5.87. The molecule has 0 atom stereocenters. The number of hydrogen-bond donors (Lipinski definition) is 3. The van der Waals surface area contributed by atoms with E-state index in [9.17, 15) is 14.7 Å². The van der Waals surface area contributed by atoms with Gasteiger partial charge < -0.3 is 10.4 Å². The summed E-state index contributed by atoms with van der Waals surface area (Å²) in [5.41, 5.74) is 0.859. The summed E-state index contributed by atoms with van der Waals surface area (Å²) in [6.07, 6.45) is 0. The quantitative estimate of drug-likeness (QED) is 0.585. The largest absolute Gasteiger partial charge is 0.506 e. The summed E-state index contributed by atoms with van der Waals surface area (Å²) in [4.78, 5) is 28.6. The number of aromatic nitrogens is 1. The van der Waals surface area contributed by atoms with E-state index in [2.05, 4.69) is 15.6 Å². The Balaban J connectivity index is 2.06. The fraction of sp³-hybridized carbons (Fsp3) is 0.154. The van der Waals surface area contributed by atoms with Crippen LogP contribution in [0.4, 0.5) is 10.8 Å². The number of carbonyl (C=O) groups is 2. The smallest absolute Gasteiger partial charge is 0.315 e. The molecule has 3 N–H and O–H groups in total. The second-order valence-electron chi connectivity index (χ2n) is 4.23. The molecule has 0 saturated heterocycles. The molecule has 6 nitrogen and oxygen atoms in total. The number of halogens is 1. The van der Waals surface area contributed by atoms with Gasteiger partial charge in [0.15, 0.2) is 5.13 Å². The number of anilines is 2. The molecule has 0 fully saturated rings. The molecule has 0 spiro atoms. The highest BCUT2D eigenvalue weighted by Crippen LogP contribution is 2.26. The van der Waals surface area contributed by atoms with Crippen LogP contribution in [0.5, 0.6) is 5.75 Å². The number of aromatic hydroxyl groups is 1. The Labute approximate surface area is 129 Å². The minimum absolute atomic E-state index is 0.0640. The van der Waals surface area contributed by atoms with E-state index in [-0.39, 0.29) is 11.4 Å². The van der Waals surface area contributed by atoms with Crippen LogP contribution in [0.25, 0.3) is 0 Å². The Hall–Kier alpha value is -2.12. The van der Waals surface area contributed by atoms with Gasteiger partial charge in [-0.3, -0.25) is 14.9 Å². The lowest BCUT2D eigenvalue weighted by Gasteiger charge is -2.07. The van der Waals surface area contributed by atoms with E-state index in [1.54, 1.807) is 0 Å². The van der Waals surface area contributed by atoms with Crippen molar-refractivity contribution in [2.75, 3.05) is 10.6 Å². The molecular formula is C13H12ClN3O3S. The highest BCUT2D eigenvalue weighted by molar-refractivity contribution is 7.15. The molecule has 110 valence electrons. The monoisotopic (exact) mass is 325 g/mol. The number of phenols is 1. The van der Waals surface area contributed by atoms with Crippen LogP contribution in [-0.2, 0) is 9.59 Å². The van der Waals surface area contributed by atoms with E-state index in [0.29, 0.717) is 10.2 Å². The molecule has 0 bridgehead atoms. The maximum absolute atomic E-state index is 11.8. The van der Waals surface area contributed by atoms with Gasteiger partial charge in [-0.15, -0.1) is 11.3 Å². The Morgan fingerprint density at radius 3 is 2.52 bits per heavy atom. The first kappa shape index (κ1) is 15.3. The van der Waals surface area contributed by atoms with Gasteiger partial charge in [-0.2, -0.15) is 0 Å². The first-order chi connectivity index (χ1) is 9.86. The minimum Gasteiger partial charge on any atom is -0.506 e. The molecule has 0 aliphatic rings. The van der Waals surface area contributed by atoms with Crippen LogP contribution in [0.1, 0.15) is 10.6 Å². The zero-order valence-electron chi connectivity index (χ0n) is 11.2. The summed E-state index contributed by atoms with van der Waals surface area (Å²) < 4.78 is 0. The average Bonchev–Trinajstić information content (AvgIpc) is 2.72. The summed E-state index contributed by atoms with van der Waals surface area (Å²) in [6.45, 7) is 3.68. The van der Waals surface area contributed by atoms with E-state index in [4.69, 9.17) is 11.6 Å². The normalized spacial score (nSPS) is 10.2. The van der Waals surface area contributed by atoms with Crippen LogP contribution >= 0.6 is 22.9 Å². The summed E-state index contributed by atoms with van der Waals surface area (Å²) in [5.74, 6) is -1.97. The summed E-state index contributed by atoms with van der Waals surface area (Å²) in [7, 11) is 0. The molecule has 2 rings (SSSR count). The van der Waals surface area contributed by atoms with Gasteiger partial charge in [0, 0.05) is 9.90 Å². The van der Waals surface area contributed by atoms with Gasteiger partial charge in [0.2, 0.25) is 0 Å².